The van der Waals surface area contributed by atoms with Gasteiger partial charge >= 0.3 is 0 Å². The summed E-state index contributed by atoms with van der Waals surface area (Å²) in [5.41, 5.74) is 3.43. The Morgan fingerprint density at radius 2 is 1.91 bits per heavy atom. The number of rotatable bonds is 5. The van der Waals surface area contributed by atoms with E-state index in [-0.39, 0.29) is 23.6 Å². The standard InChI is InChI=1S/C26H34N2O5/c29-22-18-26(12-14-28(15-13-26)20-5-1-2-6-20)32-23-10-8-19(17-21(22)23)9-11-24(30)27-33-25-7-3-4-16-31-25/h8-11,17,20,25H,1-7,12-16,18H2,(H,27,30). The van der Waals surface area contributed by atoms with Crippen molar-refractivity contribution in [2.45, 2.75) is 82.1 Å². The van der Waals surface area contributed by atoms with Gasteiger partial charge in [0.15, 0.2) is 12.1 Å². The lowest BCUT2D eigenvalue weighted by molar-refractivity contribution is -0.198. The van der Waals surface area contributed by atoms with Gasteiger partial charge in [0.25, 0.3) is 5.91 Å². The SMILES string of the molecule is O=C(C=Cc1ccc2c(c1)C(=O)CC1(CCN(C3CCCC3)CC1)O2)NOC1CCCCO1. The van der Waals surface area contributed by atoms with E-state index in [1.54, 1.807) is 6.08 Å². The number of Topliss-reactive ketones (excluding diaryl/α,β-unsaturated/α-hetero) is 1. The van der Waals surface area contributed by atoms with Crippen LogP contribution in [0.1, 0.15) is 80.1 Å². The summed E-state index contributed by atoms with van der Waals surface area (Å²) in [5, 5.41) is 0. The highest BCUT2D eigenvalue weighted by atomic mass is 16.8. The average Bonchev–Trinajstić information content (AvgIpc) is 3.38. The smallest absolute Gasteiger partial charge is 0.267 e. The van der Waals surface area contributed by atoms with E-state index < -0.39 is 0 Å². The summed E-state index contributed by atoms with van der Waals surface area (Å²) in [6, 6.07) is 6.28. The van der Waals surface area contributed by atoms with Crippen molar-refractivity contribution in [3.63, 3.8) is 0 Å². The molecule has 0 radical (unpaired) electrons. The lowest BCUT2D eigenvalue weighted by atomic mass is 9.81. The Labute approximate surface area is 195 Å². The average molecular weight is 455 g/mol. The molecule has 1 saturated carbocycles. The minimum absolute atomic E-state index is 0.128. The van der Waals surface area contributed by atoms with Gasteiger partial charge in [-0.15, -0.1) is 0 Å². The number of hydrogen-bond acceptors (Lipinski definition) is 6. The number of nitrogens with zero attached hydrogens (tertiary/aromatic N) is 1. The maximum absolute atomic E-state index is 13.0. The summed E-state index contributed by atoms with van der Waals surface area (Å²) in [7, 11) is 0. The van der Waals surface area contributed by atoms with Crippen LogP contribution >= 0.6 is 0 Å². The number of benzene rings is 1. The maximum atomic E-state index is 13.0. The second-order valence-electron chi connectivity index (χ2n) is 9.83. The molecular weight excluding hydrogens is 420 g/mol. The first kappa shape index (κ1) is 22.6. The molecule has 7 heteroatoms. The zero-order valence-corrected chi connectivity index (χ0v) is 19.2. The summed E-state index contributed by atoms with van der Waals surface area (Å²) in [5.74, 6) is 0.431. The molecule has 178 valence electrons. The van der Waals surface area contributed by atoms with Crippen molar-refractivity contribution in [2.24, 2.45) is 0 Å². The monoisotopic (exact) mass is 454 g/mol. The number of ketones is 1. The van der Waals surface area contributed by atoms with E-state index in [0.29, 0.717) is 24.3 Å². The molecule has 1 N–H and O–H groups in total. The van der Waals surface area contributed by atoms with Crippen molar-refractivity contribution in [2.75, 3.05) is 19.7 Å². The number of carbonyl (C=O) groups excluding carboxylic acids is 2. The number of nitrogens with one attached hydrogen (secondary N) is 1. The summed E-state index contributed by atoms with van der Waals surface area (Å²) in [6.07, 6.45) is 13.1. The largest absolute Gasteiger partial charge is 0.486 e. The first-order valence-electron chi connectivity index (χ1n) is 12.5. The van der Waals surface area contributed by atoms with Crippen LogP contribution in [-0.4, -0.2) is 54.2 Å². The van der Waals surface area contributed by atoms with Crippen molar-refractivity contribution in [1.29, 1.82) is 0 Å². The van der Waals surface area contributed by atoms with Gasteiger partial charge in [0.1, 0.15) is 11.4 Å². The zero-order chi connectivity index (χ0) is 22.7. The molecule has 7 nitrogen and oxygen atoms in total. The number of fused-ring (bicyclic) bond motifs is 1. The number of hydrogen-bond donors (Lipinski definition) is 1. The Kier molecular flexibility index (Phi) is 6.81. The fraction of sp³-hybridized carbons (Fsp3) is 0.615. The summed E-state index contributed by atoms with van der Waals surface area (Å²) < 4.78 is 11.9. The van der Waals surface area contributed by atoms with E-state index in [1.807, 2.05) is 18.2 Å². The fourth-order valence-corrected chi connectivity index (χ4v) is 5.59. The third-order valence-electron chi connectivity index (χ3n) is 7.52. The minimum atomic E-state index is -0.382. The van der Waals surface area contributed by atoms with E-state index in [1.165, 1.54) is 31.8 Å². The molecule has 4 aliphatic rings. The second-order valence-corrected chi connectivity index (χ2v) is 9.83. The molecule has 1 aromatic rings. The molecule has 1 amide bonds. The van der Waals surface area contributed by atoms with Crippen LogP contribution in [0.25, 0.3) is 6.08 Å². The summed E-state index contributed by atoms with van der Waals surface area (Å²) >= 11 is 0. The molecule has 3 fully saturated rings. The Morgan fingerprint density at radius 3 is 2.67 bits per heavy atom. The molecule has 0 aromatic heterocycles. The maximum Gasteiger partial charge on any atom is 0.267 e. The molecule has 1 spiro atoms. The molecule has 3 aliphatic heterocycles. The van der Waals surface area contributed by atoms with Gasteiger partial charge in [-0.1, -0.05) is 18.9 Å². The van der Waals surface area contributed by atoms with Crippen LogP contribution in [-0.2, 0) is 14.4 Å². The molecule has 1 aromatic carbocycles. The van der Waals surface area contributed by atoms with Crippen molar-refractivity contribution in [3.05, 3.63) is 35.4 Å². The van der Waals surface area contributed by atoms with E-state index in [2.05, 4.69) is 10.4 Å². The second kappa shape index (κ2) is 9.95. The van der Waals surface area contributed by atoms with Crippen LogP contribution in [0.15, 0.2) is 24.3 Å². The molecule has 5 rings (SSSR count). The Bertz CT molecular complexity index is 894. The number of amides is 1. The third kappa shape index (κ3) is 5.31. The van der Waals surface area contributed by atoms with Crippen LogP contribution in [0.2, 0.25) is 0 Å². The van der Waals surface area contributed by atoms with Crippen LogP contribution in [0.3, 0.4) is 0 Å². The van der Waals surface area contributed by atoms with Gasteiger partial charge in [0.05, 0.1) is 12.0 Å². The van der Waals surface area contributed by atoms with Gasteiger partial charge in [0.2, 0.25) is 0 Å². The van der Waals surface area contributed by atoms with Crippen molar-refractivity contribution < 1.29 is 23.9 Å². The van der Waals surface area contributed by atoms with Crippen LogP contribution in [0.5, 0.6) is 5.75 Å². The molecule has 1 unspecified atom stereocenters. The number of piperidine rings is 1. The van der Waals surface area contributed by atoms with E-state index in [4.69, 9.17) is 14.3 Å². The predicted molar refractivity (Wildman–Crippen MR) is 124 cm³/mol. The number of likely N-dealkylation sites (tertiary alicyclic amines) is 1. The number of carbonyl (C=O) groups is 2. The van der Waals surface area contributed by atoms with Crippen LogP contribution in [0.4, 0.5) is 0 Å². The Balaban J connectivity index is 1.17. The zero-order valence-electron chi connectivity index (χ0n) is 19.2. The van der Waals surface area contributed by atoms with Gasteiger partial charge < -0.3 is 14.4 Å². The molecule has 3 heterocycles. The highest BCUT2D eigenvalue weighted by Crippen LogP contribution is 2.41. The first-order chi connectivity index (χ1) is 16.1. The highest BCUT2D eigenvalue weighted by Gasteiger charge is 2.44. The van der Waals surface area contributed by atoms with Crippen molar-refractivity contribution >= 4 is 17.8 Å². The summed E-state index contributed by atoms with van der Waals surface area (Å²) in [4.78, 5) is 33.0. The Morgan fingerprint density at radius 1 is 1.12 bits per heavy atom. The topological polar surface area (TPSA) is 77.1 Å². The van der Waals surface area contributed by atoms with Crippen LogP contribution < -0.4 is 10.2 Å². The molecule has 33 heavy (non-hydrogen) atoms. The molecule has 1 atom stereocenters. The fourth-order valence-electron chi connectivity index (χ4n) is 5.59. The first-order valence-corrected chi connectivity index (χ1v) is 12.5. The van der Waals surface area contributed by atoms with Gasteiger partial charge in [-0.2, -0.15) is 0 Å². The molecule has 1 aliphatic carbocycles. The summed E-state index contributed by atoms with van der Waals surface area (Å²) in [6.45, 7) is 2.68. The van der Waals surface area contributed by atoms with Gasteiger partial charge in [-0.3, -0.25) is 9.59 Å². The minimum Gasteiger partial charge on any atom is -0.486 e. The molecule has 0 bridgehead atoms. The van der Waals surface area contributed by atoms with Crippen LogP contribution in [0, 0.1) is 0 Å². The molecule has 2 saturated heterocycles. The van der Waals surface area contributed by atoms with Gasteiger partial charge in [-0.25, -0.2) is 10.3 Å². The van der Waals surface area contributed by atoms with Gasteiger partial charge in [-0.05, 0) is 49.5 Å². The van der Waals surface area contributed by atoms with E-state index in [0.717, 1.165) is 56.8 Å². The normalized spacial score (nSPS) is 25.8. The predicted octanol–water partition coefficient (Wildman–Crippen LogP) is 4.02. The number of hydroxylamine groups is 1. The van der Waals surface area contributed by atoms with Crippen molar-refractivity contribution in [1.82, 2.24) is 10.4 Å². The van der Waals surface area contributed by atoms with E-state index >= 15 is 0 Å². The van der Waals surface area contributed by atoms with Crippen molar-refractivity contribution in [3.8, 4) is 5.75 Å². The van der Waals surface area contributed by atoms with E-state index in [9.17, 15) is 9.59 Å². The lowest BCUT2D eigenvalue weighted by Crippen LogP contribution is -2.52. The quantitative estimate of drug-likeness (QED) is 0.535. The molecular formula is C26H34N2O5. The Hall–Kier alpha value is -2.22. The lowest BCUT2D eigenvalue weighted by Gasteiger charge is -2.45. The number of ether oxygens (including phenoxy) is 2. The highest BCUT2D eigenvalue weighted by molar-refractivity contribution is 6.01. The van der Waals surface area contributed by atoms with Gasteiger partial charge in [0, 0.05) is 51.1 Å². The third-order valence-corrected chi connectivity index (χ3v) is 7.52.